The quantitative estimate of drug-likeness (QED) is 0.403. The third-order valence-corrected chi connectivity index (χ3v) is 7.88. The zero-order valence-corrected chi connectivity index (χ0v) is 21.2. The van der Waals surface area contributed by atoms with Gasteiger partial charge in [-0.05, 0) is 72.7 Å². The van der Waals surface area contributed by atoms with Gasteiger partial charge in [-0.3, -0.25) is 9.58 Å². The summed E-state index contributed by atoms with van der Waals surface area (Å²) in [4.78, 5) is 7.49. The van der Waals surface area contributed by atoms with Gasteiger partial charge in [0.2, 0.25) is 0 Å². The number of piperidine rings is 1. The molecule has 3 heterocycles. The molecular formula is C24H30Cl2N4S. The zero-order chi connectivity index (χ0) is 22.3. The van der Waals surface area contributed by atoms with E-state index in [0.29, 0.717) is 16.0 Å². The number of thiazole rings is 1. The summed E-state index contributed by atoms with van der Waals surface area (Å²) in [6.45, 7) is 14.1. The third-order valence-electron chi connectivity index (χ3n) is 6.13. The van der Waals surface area contributed by atoms with E-state index in [9.17, 15) is 0 Å². The van der Waals surface area contributed by atoms with Crippen molar-refractivity contribution in [3.05, 3.63) is 55.6 Å². The number of likely N-dealkylation sites (tertiary alicyclic amines) is 1. The van der Waals surface area contributed by atoms with Crippen LogP contribution in [0.1, 0.15) is 61.5 Å². The van der Waals surface area contributed by atoms with Crippen LogP contribution in [0.5, 0.6) is 0 Å². The van der Waals surface area contributed by atoms with Gasteiger partial charge in [0.25, 0.3) is 0 Å². The maximum absolute atomic E-state index is 6.18. The van der Waals surface area contributed by atoms with Gasteiger partial charge < -0.3 is 0 Å². The number of benzene rings is 1. The molecule has 1 fully saturated rings. The normalized spacial score (nSPS) is 16.2. The van der Waals surface area contributed by atoms with E-state index in [1.165, 1.54) is 16.3 Å². The smallest absolute Gasteiger partial charge is 0.0964 e. The molecular weight excluding hydrogens is 447 g/mol. The van der Waals surface area contributed by atoms with Gasteiger partial charge in [0.15, 0.2) is 0 Å². The first kappa shape index (κ1) is 22.8. The highest BCUT2D eigenvalue weighted by atomic mass is 35.5. The standard InChI is InChI=1S/C24H30Cl2N4S/c1-15-19(16(2)30(28-15)24(3,4)5)13-29-10-8-17(9-11-29)23-27-22(14-31-23)18-6-7-20(25)21(26)12-18/h6-7,12,14,17H,8-11,13H2,1-5H3. The molecule has 0 spiro atoms. The lowest BCUT2D eigenvalue weighted by Gasteiger charge is -2.31. The minimum Gasteiger partial charge on any atom is -0.299 e. The van der Waals surface area contributed by atoms with Crippen LogP contribution < -0.4 is 0 Å². The number of aromatic nitrogens is 3. The number of halogens is 2. The lowest BCUT2D eigenvalue weighted by Crippen LogP contribution is -2.33. The van der Waals surface area contributed by atoms with Crippen LogP contribution in [0.4, 0.5) is 0 Å². The fourth-order valence-corrected chi connectivity index (χ4v) is 5.68. The number of aryl methyl sites for hydroxylation is 1. The van der Waals surface area contributed by atoms with Crippen molar-refractivity contribution in [3.8, 4) is 11.3 Å². The first-order valence-electron chi connectivity index (χ1n) is 10.8. The predicted molar refractivity (Wildman–Crippen MR) is 132 cm³/mol. The number of hydrogen-bond donors (Lipinski definition) is 0. The Morgan fingerprint density at radius 3 is 2.42 bits per heavy atom. The second-order valence-corrected chi connectivity index (χ2v) is 11.2. The van der Waals surface area contributed by atoms with Crippen LogP contribution in [0.2, 0.25) is 10.0 Å². The maximum atomic E-state index is 6.18. The molecule has 0 N–H and O–H groups in total. The maximum Gasteiger partial charge on any atom is 0.0964 e. The van der Waals surface area contributed by atoms with Crippen molar-refractivity contribution in [2.24, 2.45) is 0 Å². The van der Waals surface area contributed by atoms with Crippen LogP contribution in [0.15, 0.2) is 23.6 Å². The van der Waals surface area contributed by atoms with Crippen molar-refractivity contribution in [2.75, 3.05) is 13.1 Å². The summed E-state index contributed by atoms with van der Waals surface area (Å²) in [5.41, 5.74) is 5.85. The van der Waals surface area contributed by atoms with E-state index in [-0.39, 0.29) is 5.54 Å². The zero-order valence-electron chi connectivity index (χ0n) is 18.9. The molecule has 2 aromatic heterocycles. The molecule has 7 heteroatoms. The van der Waals surface area contributed by atoms with Crippen LogP contribution in [-0.2, 0) is 12.1 Å². The second-order valence-electron chi connectivity index (χ2n) is 9.48. The predicted octanol–water partition coefficient (Wildman–Crippen LogP) is 7.06. The van der Waals surface area contributed by atoms with Crippen molar-refractivity contribution >= 4 is 34.5 Å². The molecule has 0 radical (unpaired) electrons. The molecule has 1 aromatic carbocycles. The Kier molecular flexibility index (Phi) is 6.51. The van der Waals surface area contributed by atoms with Gasteiger partial charge in [-0.1, -0.05) is 29.3 Å². The summed E-state index contributed by atoms with van der Waals surface area (Å²) in [5, 5.41) is 9.33. The van der Waals surface area contributed by atoms with Crippen molar-refractivity contribution in [3.63, 3.8) is 0 Å². The van der Waals surface area contributed by atoms with Crippen LogP contribution in [0, 0.1) is 13.8 Å². The van der Waals surface area contributed by atoms with Crippen LogP contribution >= 0.6 is 34.5 Å². The molecule has 4 rings (SSSR count). The highest BCUT2D eigenvalue weighted by Crippen LogP contribution is 2.35. The van der Waals surface area contributed by atoms with E-state index in [1.807, 2.05) is 18.2 Å². The average Bonchev–Trinajstić information content (AvgIpc) is 3.31. The molecule has 0 amide bonds. The summed E-state index contributed by atoms with van der Waals surface area (Å²) in [7, 11) is 0. The fourth-order valence-electron chi connectivity index (χ4n) is 4.38. The molecule has 1 aliphatic heterocycles. The van der Waals surface area contributed by atoms with Crippen molar-refractivity contribution in [1.29, 1.82) is 0 Å². The first-order chi connectivity index (χ1) is 14.6. The third kappa shape index (κ3) is 4.85. The van der Waals surface area contributed by atoms with E-state index in [4.69, 9.17) is 33.3 Å². The van der Waals surface area contributed by atoms with Gasteiger partial charge in [-0.25, -0.2) is 4.98 Å². The monoisotopic (exact) mass is 476 g/mol. The van der Waals surface area contributed by atoms with E-state index in [1.54, 1.807) is 11.3 Å². The number of hydrogen-bond acceptors (Lipinski definition) is 4. The molecule has 0 aliphatic carbocycles. The molecule has 3 aromatic rings. The SMILES string of the molecule is Cc1nn(C(C)(C)C)c(C)c1CN1CCC(c2nc(-c3ccc(Cl)c(Cl)c3)cs2)CC1. The number of rotatable bonds is 4. The molecule has 0 saturated carbocycles. The Labute approximate surface area is 199 Å². The van der Waals surface area contributed by atoms with Crippen LogP contribution in [-0.4, -0.2) is 32.8 Å². The Bertz CT molecular complexity index is 1070. The minimum absolute atomic E-state index is 0.0109. The fraction of sp³-hybridized carbons (Fsp3) is 0.500. The number of nitrogens with zero attached hydrogens (tertiary/aromatic N) is 4. The van der Waals surface area contributed by atoms with Gasteiger partial charge in [-0.2, -0.15) is 5.10 Å². The topological polar surface area (TPSA) is 34.0 Å². The molecule has 31 heavy (non-hydrogen) atoms. The van der Waals surface area contributed by atoms with Crippen molar-refractivity contribution < 1.29 is 0 Å². The molecule has 0 unspecified atom stereocenters. The molecule has 0 bridgehead atoms. The molecule has 1 saturated heterocycles. The van der Waals surface area contributed by atoms with E-state index < -0.39 is 0 Å². The Morgan fingerprint density at radius 1 is 1.10 bits per heavy atom. The van der Waals surface area contributed by atoms with Gasteiger partial charge in [0, 0.05) is 34.7 Å². The Balaban J connectivity index is 1.40. The van der Waals surface area contributed by atoms with Crippen molar-refractivity contribution in [1.82, 2.24) is 19.7 Å². The van der Waals surface area contributed by atoms with Gasteiger partial charge in [-0.15, -0.1) is 11.3 Å². The lowest BCUT2D eigenvalue weighted by molar-refractivity contribution is 0.203. The van der Waals surface area contributed by atoms with Crippen molar-refractivity contribution in [2.45, 2.75) is 65.5 Å². The van der Waals surface area contributed by atoms with Gasteiger partial charge in [0.1, 0.15) is 0 Å². The molecule has 166 valence electrons. The van der Waals surface area contributed by atoms with Gasteiger partial charge >= 0.3 is 0 Å². The average molecular weight is 478 g/mol. The van der Waals surface area contributed by atoms with Crippen LogP contribution in [0.25, 0.3) is 11.3 Å². The Morgan fingerprint density at radius 2 is 1.81 bits per heavy atom. The van der Waals surface area contributed by atoms with E-state index in [0.717, 1.165) is 49.4 Å². The highest BCUT2D eigenvalue weighted by molar-refractivity contribution is 7.10. The highest BCUT2D eigenvalue weighted by Gasteiger charge is 2.26. The first-order valence-corrected chi connectivity index (χ1v) is 12.5. The summed E-state index contributed by atoms with van der Waals surface area (Å²) < 4.78 is 2.17. The lowest BCUT2D eigenvalue weighted by atomic mass is 9.97. The van der Waals surface area contributed by atoms with Crippen LogP contribution in [0.3, 0.4) is 0 Å². The summed E-state index contributed by atoms with van der Waals surface area (Å²) in [6, 6.07) is 5.72. The summed E-state index contributed by atoms with van der Waals surface area (Å²) in [6.07, 6.45) is 2.28. The minimum atomic E-state index is 0.0109. The van der Waals surface area contributed by atoms with E-state index >= 15 is 0 Å². The largest absolute Gasteiger partial charge is 0.299 e. The van der Waals surface area contributed by atoms with E-state index in [2.05, 4.69) is 49.6 Å². The second kappa shape index (κ2) is 8.86. The summed E-state index contributed by atoms with van der Waals surface area (Å²) >= 11 is 14.0. The molecule has 1 aliphatic rings. The summed E-state index contributed by atoms with van der Waals surface area (Å²) in [5.74, 6) is 0.525. The molecule has 4 nitrogen and oxygen atoms in total. The van der Waals surface area contributed by atoms with Gasteiger partial charge in [0.05, 0.1) is 32.0 Å². The molecule has 0 atom stereocenters. The Hall–Kier alpha value is -1.40.